The lowest BCUT2D eigenvalue weighted by atomic mass is 10.1. The second-order valence-corrected chi connectivity index (χ2v) is 7.41. The lowest BCUT2D eigenvalue weighted by Gasteiger charge is -2.19. The molecule has 3 aromatic carbocycles. The minimum absolute atomic E-state index is 0.248. The molecule has 0 unspecified atom stereocenters. The van der Waals surface area contributed by atoms with Gasteiger partial charge < -0.3 is 24.3 Å². The molecule has 0 aliphatic carbocycles. The summed E-state index contributed by atoms with van der Waals surface area (Å²) < 4.78 is 22.1. The third-order valence-electron chi connectivity index (χ3n) is 5.14. The van der Waals surface area contributed by atoms with Crippen molar-refractivity contribution in [3.8, 4) is 40.1 Å². The molecule has 2 heterocycles. The number of ether oxygens (including phenoxy) is 4. The van der Waals surface area contributed by atoms with Gasteiger partial charge in [-0.1, -0.05) is 12.1 Å². The van der Waals surface area contributed by atoms with E-state index in [0.717, 1.165) is 11.3 Å². The average molecular weight is 455 g/mol. The van der Waals surface area contributed by atoms with Gasteiger partial charge in [0.2, 0.25) is 5.88 Å². The molecule has 1 N–H and O–H groups in total. The van der Waals surface area contributed by atoms with Crippen molar-refractivity contribution in [2.24, 2.45) is 0 Å². The Kier molecular flexibility index (Phi) is 5.94. The molecule has 1 aliphatic rings. The quantitative estimate of drug-likeness (QED) is 0.439. The predicted molar refractivity (Wildman–Crippen MR) is 126 cm³/mol. The molecule has 0 bridgehead atoms. The van der Waals surface area contributed by atoms with Crippen LogP contribution in [-0.2, 0) is 0 Å². The summed E-state index contributed by atoms with van der Waals surface area (Å²) in [7, 11) is 1.61. The first-order valence-corrected chi connectivity index (χ1v) is 10.6. The number of amides is 1. The maximum Gasteiger partial charge on any atom is 0.255 e. The van der Waals surface area contributed by atoms with Crippen LogP contribution >= 0.6 is 0 Å². The number of hydrogen-bond acceptors (Lipinski definition) is 7. The Morgan fingerprint density at radius 1 is 0.882 bits per heavy atom. The normalized spacial score (nSPS) is 12.0. The largest absolute Gasteiger partial charge is 0.497 e. The van der Waals surface area contributed by atoms with Crippen molar-refractivity contribution in [2.45, 2.75) is 0 Å². The summed E-state index contributed by atoms with van der Waals surface area (Å²) in [6, 6.07) is 21.4. The maximum atomic E-state index is 12.9. The number of fused-ring (bicyclic) bond motifs is 1. The SMILES string of the molecule is COc1ccc(Oc2cc(-c3cccc(C(=O)Nc4ccc5c(c4)OCCO5)c3)ncn2)cc1. The van der Waals surface area contributed by atoms with Gasteiger partial charge in [-0.15, -0.1) is 0 Å². The first-order valence-electron chi connectivity index (χ1n) is 10.6. The van der Waals surface area contributed by atoms with Crippen LogP contribution in [0.25, 0.3) is 11.3 Å². The summed E-state index contributed by atoms with van der Waals surface area (Å²) in [6.07, 6.45) is 1.43. The monoisotopic (exact) mass is 455 g/mol. The Balaban J connectivity index is 1.32. The van der Waals surface area contributed by atoms with Gasteiger partial charge >= 0.3 is 0 Å². The third kappa shape index (κ3) is 4.75. The van der Waals surface area contributed by atoms with E-state index in [1.54, 1.807) is 73.8 Å². The van der Waals surface area contributed by atoms with Crippen molar-refractivity contribution in [3.05, 3.63) is 84.7 Å². The summed E-state index contributed by atoms with van der Waals surface area (Å²) in [5.74, 6) is 2.79. The van der Waals surface area contributed by atoms with Crippen molar-refractivity contribution >= 4 is 11.6 Å². The first kappa shape index (κ1) is 21.3. The van der Waals surface area contributed by atoms with Gasteiger partial charge in [0.15, 0.2) is 11.5 Å². The number of anilines is 1. The van der Waals surface area contributed by atoms with Gasteiger partial charge in [-0.3, -0.25) is 4.79 Å². The zero-order valence-corrected chi connectivity index (χ0v) is 18.4. The molecular formula is C26H21N3O5. The average Bonchev–Trinajstić information content (AvgIpc) is 2.89. The minimum atomic E-state index is -0.248. The summed E-state index contributed by atoms with van der Waals surface area (Å²) in [4.78, 5) is 21.4. The fraction of sp³-hybridized carbons (Fsp3) is 0.115. The van der Waals surface area contributed by atoms with Gasteiger partial charge in [-0.2, -0.15) is 0 Å². The number of rotatable bonds is 6. The Morgan fingerprint density at radius 2 is 1.68 bits per heavy atom. The highest BCUT2D eigenvalue weighted by atomic mass is 16.6. The molecule has 5 rings (SSSR count). The second kappa shape index (κ2) is 9.50. The van der Waals surface area contributed by atoms with E-state index >= 15 is 0 Å². The van der Waals surface area contributed by atoms with Gasteiger partial charge in [-0.05, 0) is 48.5 Å². The number of carbonyl (C=O) groups excluding carboxylic acids is 1. The Morgan fingerprint density at radius 3 is 2.50 bits per heavy atom. The van der Waals surface area contributed by atoms with Crippen LogP contribution in [0.1, 0.15) is 10.4 Å². The van der Waals surface area contributed by atoms with E-state index < -0.39 is 0 Å². The molecule has 1 aliphatic heterocycles. The number of hydrogen-bond donors (Lipinski definition) is 1. The molecule has 8 nitrogen and oxygen atoms in total. The van der Waals surface area contributed by atoms with E-state index in [2.05, 4.69) is 15.3 Å². The Hall–Kier alpha value is -4.59. The van der Waals surface area contributed by atoms with E-state index in [1.165, 1.54) is 6.33 Å². The fourth-order valence-corrected chi connectivity index (χ4v) is 3.46. The van der Waals surface area contributed by atoms with Gasteiger partial charge in [0.25, 0.3) is 5.91 Å². The molecule has 0 spiro atoms. The van der Waals surface area contributed by atoms with Crippen molar-refractivity contribution in [1.82, 2.24) is 9.97 Å². The zero-order valence-electron chi connectivity index (χ0n) is 18.4. The molecule has 0 atom stereocenters. The standard InChI is InChI=1S/C26H21N3O5/c1-31-20-6-8-21(9-7-20)34-25-15-22(27-16-28-25)17-3-2-4-18(13-17)26(30)29-19-5-10-23-24(14-19)33-12-11-32-23/h2-10,13-16H,11-12H2,1H3,(H,29,30). The summed E-state index contributed by atoms with van der Waals surface area (Å²) >= 11 is 0. The molecule has 1 amide bonds. The predicted octanol–water partition coefficient (Wildman–Crippen LogP) is 4.97. The number of aromatic nitrogens is 2. The molecule has 4 aromatic rings. The molecule has 170 valence electrons. The number of nitrogens with one attached hydrogen (secondary N) is 1. The highest BCUT2D eigenvalue weighted by Crippen LogP contribution is 2.33. The first-order chi connectivity index (χ1) is 16.7. The van der Waals surface area contributed by atoms with Crippen LogP contribution < -0.4 is 24.3 Å². The van der Waals surface area contributed by atoms with Crippen molar-refractivity contribution in [1.29, 1.82) is 0 Å². The Bertz CT molecular complexity index is 1320. The van der Waals surface area contributed by atoms with E-state index in [4.69, 9.17) is 18.9 Å². The second-order valence-electron chi connectivity index (χ2n) is 7.41. The maximum absolute atomic E-state index is 12.9. The molecule has 1 aromatic heterocycles. The van der Waals surface area contributed by atoms with Crippen molar-refractivity contribution in [2.75, 3.05) is 25.6 Å². The van der Waals surface area contributed by atoms with Crippen LogP contribution in [-0.4, -0.2) is 36.2 Å². The van der Waals surface area contributed by atoms with E-state index in [-0.39, 0.29) is 5.91 Å². The summed E-state index contributed by atoms with van der Waals surface area (Å²) in [5.41, 5.74) is 2.50. The summed E-state index contributed by atoms with van der Waals surface area (Å²) in [6.45, 7) is 0.997. The minimum Gasteiger partial charge on any atom is -0.497 e. The van der Waals surface area contributed by atoms with Crippen LogP contribution in [0.3, 0.4) is 0 Å². The van der Waals surface area contributed by atoms with E-state index in [0.29, 0.717) is 53.3 Å². The van der Waals surface area contributed by atoms with E-state index in [9.17, 15) is 4.79 Å². The molecule has 0 radical (unpaired) electrons. The van der Waals surface area contributed by atoms with Crippen molar-refractivity contribution < 1.29 is 23.7 Å². The van der Waals surface area contributed by atoms with Crippen LogP contribution in [0.5, 0.6) is 28.9 Å². The van der Waals surface area contributed by atoms with Crippen LogP contribution in [0.4, 0.5) is 5.69 Å². The molecule has 0 saturated heterocycles. The van der Waals surface area contributed by atoms with Crippen molar-refractivity contribution in [3.63, 3.8) is 0 Å². The van der Waals surface area contributed by atoms with Gasteiger partial charge in [0.05, 0.1) is 12.8 Å². The molecule has 8 heteroatoms. The lowest BCUT2D eigenvalue weighted by Crippen LogP contribution is -2.16. The third-order valence-corrected chi connectivity index (χ3v) is 5.14. The number of nitrogens with zero attached hydrogens (tertiary/aromatic N) is 2. The summed E-state index contributed by atoms with van der Waals surface area (Å²) in [5, 5.41) is 2.90. The molecule has 0 saturated carbocycles. The van der Waals surface area contributed by atoms with Gasteiger partial charge in [0, 0.05) is 28.9 Å². The van der Waals surface area contributed by atoms with Gasteiger partial charge in [0.1, 0.15) is 31.0 Å². The lowest BCUT2D eigenvalue weighted by molar-refractivity contribution is 0.102. The van der Waals surface area contributed by atoms with Crippen LogP contribution in [0, 0.1) is 0 Å². The van der Waals surface area contributed by atoms with Crippen LogP contribution in [0.15, 0.2) is 79.1 Å². The highest BCUT2D eigenvalue weighted by Gasteiger charge is 2.14. The smallest absolute Gasteiger partial charge is 0.255 e. The molecule has 34 heavy (non-hydrogen) atoms. The van der Waals surface area contributed by atoms with Crippen LogP contribution in [0.2, 0.25) is 0 Å². The topological polar surface area (TPSA) is 91.8 Å². The number of carbonyl (C=O) groups is 1. The fourth-order valence-electron chi connectivity index (χ4n) is 3.46. The zero-order chi connectivity index (χ0) is 23.3. The van der Waals surface area contributed by atoms with Gasteiger partial charge in [-0.25, -0.2) is 9.97 Å². The number of methoxy groups -OCH3 is 1. The molecular weight excluding hydrogens is 434 g/mol. The van der Waals surface area contributed by atoms with E-state index in [1.807, 2.05) is 6.07 Å². The number of benzene rings is 3. The molecule has 0 fully saturated rings. The highest BCUT2D eigenvalue weighted by molar-refractivity contribution is 6.05. The Labute approximate surface area is 196 Å².